The van der Waals surface area contributed by atoms with Crippen LogP contribution in [0.4, 0.5) is 0 Å². The van der Waals surface area contributed by atoms with E-state index >= 15 is 14.4 Å². The molecule has 7 amide bonds. The number of hydrogen-bond acceptors (Lipinski definition) is 25. The molecule has 18 atom stereocenters. The lowest BCUT2D eigenvalue weighted by Crippen LogP contribution is -2.65. The van der Waals surface area contributed by atoms with Gasteiger partial charge in [0, 0.05) is 46.3 Å². The molecule has 11 bridgehead atoms. The fourth-order valence-electron chi connectivity index (χ4n) is 14.4. The molecule has 0 radical (unpaired) electrons. The number of phenolic OH excluding ortho intramolecular Hbond substituents is 3. The fraction of sp³-hybridized carbons (Fsp3) is 0.367. The van der Waals surface area contributed by atoms with Gasteiger partial charge >= 0.3 is 5.97 Å². The molecule has 0 aromatic heterocycles. The fourth-order valence-corrected chi connectivity index (χ4v) is 15.0. The van der Waals surface area contributed by atoms with Crippen LogP contribution < -0.4 is 62.5 Å². The average Bonchev–Trinajstić information content (AvgIpc) is 0.764. The van der Waals surface area contributed by atoms with E-state index in [2.05, 4.69) is 42.5 Å². The van der Waals surface area contributed by atoms with Crippen molar-refractivity contribution >= 4 is 82.1 Å². The topological polar surface area (TPSA) is 517 Å². The first-order chi connectivity index (χ1) is 54.6. The summed E-state index contributed by atoms with van der Waals surface area (Å²) in [6.45, 7) is 6.15. The molecule has 33 nitrogen and oxygen atoms in total. The van der Waals surface area contributed by atoms with Gasteiger partial charge in [0.15, 0.2) is 29.9 Å². The molecule has 7 heterocycles. The molecule has 2 saturated heterocycles. The number of fused-ring (bicyclic) bond motifs is 15. The second kappa shape index (κ2) is 34.9. The van der Waals surface area contributed by atoms with Gasteiger partial charge in [0.2, 0.25) is 53.4 Å². The number of aromatic hydroxyl groups is 3. The van der Waals surface area contributed by atoms with Crippen LogP contribution in [-0.4, -0.2) is 191 Å². The van der Waals surface area contributed by atoms with Crippen molar-refractivity contribution in [3.8, 4) is 68.2 Å². The number of carbonyl (C=O) groups excluding carboxylic acids is 7. The summed E-state index contributed by atoms with van der Waals surface area (Å²) >= 11 is 20.4. The number of amides is 7. The number of primary amides is 1. The van der Waals surface area contributed by atoms with Gasteiger partial charge in [-0.15, -0.1) is 0 Å². The predicted octanol–water partition coefficient (Wildman–Crippen LogP) is 4.26. The first kappa shape index (κ1) is 83.9. The van der Waals surface area contributed by atoms with Gasteiger partial charge in [0.05, 0.1) is 41.3 Å². The number of nitrogens with two attached hydrogens (primary N) is 1. The Morgan fingerprint density at radius 2 is 1.26 bits per heavy atom. The van der Waals surface area contributed by atoms with E-state index in [1.807, 2.05) is 50.2 Å². The van der Waals surface area contributed by atoms with Gasteiger partial charge in [-0.1, -0.05) is 103 Å². The molecular formula is C79H84Cl3N9O24. The molecule has 610 valence electrons. The van der Waals surface area contributed by atoms with Crippen LogP contribution in [0.2, 0.25) is 15.1 Å². The minimum absolute atomic E-state index is 0.106. The maximum Gasteiger partial charge on any atom is 0.330 e. The largest absolute Gasteiger partial charge is 0.508 e. The van der Waals surface area contributed by atoms with E-state index in [1.54, 1.807) is 26.0 Å². The van der Waals surface area contributed by atoms with Crippen LogP contribution in [-0.2, 0) is 59.1 Å². The second-order valence-electron chi connectivity index (χ2n) is 29.2. The third kappa shape index (κ3) is 18.3. The van der Waals surface area contributed by atoms with Gasteiger partial charge < -0.3 is 128 Å². The number of aliphatic hydroxyl groups is 6. The lowest BCUT2D eigenvalue weighted by molar-refractivity contribution is -0.334. The molecule has 7 aromatic carbocycles. The maximum absolute atomic E-state index is 16.2. The number of carboxylic acid groups (broad SMARTS) is 1. The van der Waals surface area contributed by atoms with Crippen LogP contribution >= 0.6 is 34.8 Å². The van der Waals surface area contributed by atoms with Gasteiger partial charge in [-0.25, -0.2) is 4.79 Å². The van der Waals surface area contributed by atoms with Crippen molar-refractivity contribution in [1.82, 2.24) is 42.5 Å². The van der Waals surface area contributed by atoms with E-state index in [0.717, 1.165) is 83.4 Å². The van der Waals surface area contributed by atoms with Crippen LogP contribution in [0.5, 0.6) is 46.0 Å². The highest BCUT2D eigenvalue weighted by Crippen LogP contribution is 2.50. The smallest absolute Gasteiger partial charge is 0.330 e. The Hall–Kier alpha value is -10.5. The third-order valence-electron chi connectivity index (χ3n) is 20.6. The number of aliphatic hydroxyl groups excluding tert-OH is 6. The summed E-state index contributed by atoms with van der Waals surface area (Å²) in [5.41, 5.74) is 4.32. The quantitative estimate of drug-likeness (QED) is 0.0605. The highest BCUT2D eigenvalue weighted by molar-refractivity contribution is 6.32. The van der Waals surface area contributed by atoms with E-state index in [-0.39, 0.29) is 52.8 Å². The van der Waals surface area contributed by atoms with Crippen molar-refractivity contribution in [3.63, 3.8) is 0 Å². The van der Waals surface area contributed by atoms with Crippen molar-refractivity contribution < 1.29 is 118 Å². The molecule has 36 heteroatoms. The van der Waals surface area contributed by atoms with Gasteiger partial charge in [-0.05, 0) is 139 Å². The van der Waals surface area contributed by atoms with E-state index < -0.39 is 237 Å². The minimum atomic E-state index is -2.36. The normalized spacial score (nSPS) is 27.2. The zero-order valence-corrected chi connectivity index (χ0v) is 64.2. The van der Waals surface area contributed by atoms with Crippen LogP contribution in [0, 0.1) is 5.92 Å². The summed E-state index contributed by atoms with van der Waals surface area (Å²) in [6, 6.07) is 14.3. The van der Waals surface area contributed by atoms with Crippen molar-refractivity contribution in [2.45, 2.75) is 163 Å². The number of carboxylic acids is 1. The molecule has 0 saturated carbocycles. The molecule has 7 aliphatic heterocycles. The molecule has 115 heavy (non-hydrogen) atoms. The third-order valence-corrected chi connectivity index (χ3v) is 21.4. The Labute approximate surface area is 671 Å². The van der Waals surface area contributed by atoms with Crippen LogP contribution in [0.1, 0.15) is 111 Å². The number of hydrogen-bond donors (Lipinski definition) is 19. The van der Waals surface area contributed by atoms with E-state index in [4.69, 9.17) is 69.0 Å². The van der Waals surface area contributed by atoms with Gasteiger partial charge in [-0.2, -0.15) is 0 Å². The number of benzene rings is 7. The molecule has 7 aromatic rings. The van der Waals surface area contributed by atoms with Crippen molar-refractivity contribution in [2.24, 2.45) is 11.7 Å². The molecule has 14 rings (SSSR count). The number of rotatable bonds is 17. The summed E-state index contributed by atoms with van der Waals surface area (Å²) in [7, 11) is 1.48. The molecule has 20 N–H and O–H groups in total. The lowest BCUT2D eigenvalue weighted by Gasteiger charge is -2.48. The zero-order valence-electron chi connectivity index (χ0n) is 62.0. The summed E-state index contributed by atoms with van der Waals surface area (Å²) < 4.78 is 39.5. The van der Waals surface area contributed by atoms with Crippen LogP contribution in [0.25, 0.3) is 22.3 Å². The predicted molar refractivity (Wildman–Crippen MR) is 409 cm³/mol. The number of carbonyl (C=O) groups is 8. The average molecular weight is 1650 g/mol. The number of phenols is 3. The summed E-state index contributed by atoms with van der Waals surface area (Å²) in [5, 5.41) is 137. The molecule has 7 aliphatic rings. The Kier molecular flexibility index (Phi) is 25.5. The monoisotopic (exact) mass is 1650 g/mol. The number of halogens is 3. The molecule has 2 fully saturated rings. The SMILES string of the molecule is CN[C@H](CC(C)C)C(=O)N[C@H]1C(=O)N[C@@H](CC(N)=O)C(=O)N[C@H]2C(=O)N[C@H]3C(=O)N[C@H](C(=O)N[C@@H](C(=O)O)c4cc(O)cc(O)c4-c4cc3ccc4O)[C@H](O)c3ccc(c(Cl)c3)Oc3cc2cc(c3O[C@@H]2O[C@H](CO)[C@@H](O)[C@H](O)[C@H]2O[C@H]2C[C@](C)(NCc3ccc(-c4ccc(Cl)cc4)cc3)C(O)[C@H](C)O2)Oc2ccc(cc2Cl)[C@H]1O. The van der Waals surface area contributed by atoms with Gasteiger partial charge in [0.25, 0.3) is 0 Å². The molecule has 1 unspecified atom stereocenters. The van der Waals surface area contributed by atoms with Gasteiger partial charge in [-0.3, -0.25) is 33.6 Å². The Bertz CT molecular complexity index is 4890. The highest BCUT2D eigenvalue weighted by atomic mass is 35.5. The number of likely N-dealkylation sites (N-methyl/N-ethyl adjacent to an activating group) is 1. The summed E-state index contributed by atoms with van der Waals surface area (Å²) in [5.74, 6) is -16.0. The molecule has 0 spiro atoms. The van der Waals surface area contributed by atoms with E-state index in [1.165, 1.54) is 19.2 Å². The first-order valence-electron chi connectivity index (χ1n) is 36.4. The van der Waals surface area contributed by atoms with Crippen molar-refractivity contribution in [2.75, 3.05) is 13.7 Å². The maximum atomic E-state index is 16.2. The van der Waals surface area contributed by atoms with Crippen molar-refractivity contribution in [3.05, 3.63) is 176 Å². The van der Waals surface area contributed by atoms with E-state index in [9.17, 15) is 75.0 Å². The highest BCUT2D eigenvalue weighted by Gasteiger charge is 2.52. The van der Waals surface area contributed by atoms with Crippen molar-refractivity contribution in [1.29, 1.82) is 0 Å². The summed E-state index contributed by atoms with van der Waals surface area (Å²) in [4.78, 5) is 118. The Morgan fingerprint density at radius 3 is 1.86 bits per heavy atom. The lowest BCUT2D eigenvalue weighted by atomic mass is 9.84. The molecule has 0 aliphatic carbocycles. The minimum Gasteiger partial charge on any atom is -0.508 e. The Morgan fingerprint density at radius 1 is 0.661 bits per heavy atom. The number of nitrogens with one attached hydrogen (secondary N) is 8. The standard InChI is InChI=1S/C79H84Cl3N9O24/c1-32(2)20-47(84-5)71(102)90-62-64(97)38-13-18-51(45(81)22-38)111-53-24-40-25-54(68(53)115-78-69(67(100)66(99)55(31-92)113-78)114-57-29-79(4,70(101)33(3)110-57)85-30-34-6-8-35(9-7-34)36-10-15-41(80)16-11-36)112-52-19-14-39(23-46(52)82)65(98)63-76(107)89-61(77(108)109)44-26-42(93)27-50(95)58(44)43-21-37(12-17-49(43)94)59(73(104)91-63)88-74(105)60(40)87-72(103)48(28-56(83)96)86-75(62)106/h6-19,21-27,32-33,47-48,55,57,59-67,69-70,78,84-85,92-95,97-101H,20,28-31H2,1-5H3,(H2,83,96)(H,86,106)(H,87,103)(H,88,105)(H,89,107)(H,90,102)(H,91,104)(H,108,109)/t33-,47+,48-,55+,57-,59+,60+,61+,62+,63-,64+,65+,66+,67-,69+,70?,78-,79-/m0/s1. The number of ether oxygens (including phenoxy) is 6. The first-order valence-corrected chi connectivity index (χ1v) is 37.5. The van der Waals surface area contributed by atoms with Crippen LogP contribution in [0.15, 0.2) is 127 Å². The zero-order chi connectivity index (χ0) is 82.9. The van der Waals surface area contributed by atoms with Crippen LogP contribution in [0.3, 0.4) is 0 Å². The van der Waals surface area contributed by atoms with E-state index in [0.29, 0.717) is 5.02 Å². The Balaban J connectivity index is 1.04. The number of aliphatic carboxylic acids is 1. The summed E-state index contributed by atoms with van der Waals surface area (Å²) in [6.07, 6.45) is -18.7. The second-order valence-corrected chi connectivity index (χ2v) is 30.4. The van der Waals surface area contributed by atoms with Gasteiger partial charge in [0.1, 0.15) is 89.5 Å². The molecular weight excluding hydrogens is 1570 g/mol.